The van der Waals surface area contributed by atoms with Gasteiger partial charge < -0.3 is 5.11 Å². The number of pyridine rings is 1. The molecule has 0 saturated carbocycles. The van der Waals surface area contributed by atoms with Crippen molar-refractivity contribution in [3.63, 3.8) is 0 Å². The van der Waals surface area contributed by atoms with E-state index in [1.807, 2.05) is 13.8 Å². The van der Waals surface area contributed by atoms with Crippen molar-refractivity contribution >= 4 is 17.8 Å². The van der Waals surface area contributed by atoms with Crippen molar-refractivity contribution in [3.8, 4) is 5.88 Å². The first kappa shape index (κ1) is 23.9. The summed E-state index contributed by atoms with van der Waals surface area (Å²) in [5.41, 5.74) is -1.65. The number of aromatic nitrogens is 3. The summed E-state index contributed by atoms with van der Waals surface area (Å²) in [6, 6.07) is 2.20. The van der Waals surface area contributed by atoms with Gasteiger partial charge in [0.15, 0.2) is 0 Å². The molecule has 2 aromatic rings. The van der Waals surface area contributed by atoms with Crippen molar-refractivity contribution < 1.29 is 19.5 Å². The smallest absolute Gasteiger partial charge is 0.331 e. The van der Waals surface area contributed by atoms with E-state index in [4.69, 9.17) is 0 Å². The Kier molecular flexibility index (Phi) is 7.41. The summed E-state index contributed by atoms with van der Waals surface area (Å²) in [6.45, 7) is 4.04. The number of nitrogens with one attached hydrogen (secondary N) is 2. The average Bonchev–Trinajstić information content (AvgIpc) is 2.78. The minimum atomic E-state index is -1.51. The Morgan fingerprint density at radius 1 is 1.03 bits per heavy atom. The maximum absolute atomic E-state index is 13.4. The highest BCUT2D eigenvalue weighted by Crippen LogP contribution is 2.36. The van der Waals surface area contributed by atoms with E-state index in [-0.39, 0.29) is 18.7 Å². The van der Waals surface area contributed by atoms with E-state index < -0.39 is 46.8 Å². The van der Waals surface area contributed by atoms with Crippen molar-refractivity contribution in [3.05, 3.63) is 56.5 Å². The molecule has 1 aliphatic rings. The Bertz CT molecular complexity index is 1160. The lowest BCUT2D eigenvalue weighted by Gasteiger charge is -2.34. The minimum Gasteiger partial charge on any atom is -0.494 e. The van der Waals surface area contributed by atoms with Gasteiger partial charge in [-0.05, 0) is 30.5 Å². The molecule has 1 saturated heterocycles. The number of hydrogen-bond donors (Lipinski definition) is 3. The normalized spacial score (nSPS) is 17.2. The van der Waals surface area contributed by atoms with Crippen molar-refractivity contribution in [2.45, 2.75) is 52.0 Å². The van der Waals surface area contributed by atoms with Gasteiger partial charge in [-0.3, -0.25) is 39.1 Å². The van der Waals surface area contributed by atoms with Crippen molar-refractivity contribution in [2.75, 3.05) is 6.54 Å². The maximum atomic E-state index is 13.4. The molecule has 176 valence electrons. The summed E-state index contributed by atoms with van der Waals surface area (Å²) in [6.07, 6.45) is 5.38. The highest BCUT2D eigenvalue weighted by atomic mass is 16.3. The quantitative estimate of drug-likeness (QED) is 0.476. The van der Waals surface area contributed by atoms with Gasteiger partial charge in [-0.25, -0.2) is 9.59 Å². The van der Waals surface area contributed by atoms with Gasteiger partial charge >= 0.3 is 11.7 Å². The summed E-state index contributed by atoms with van der Waals surface area (Å²) in [4.78, 5) is 70.9. The third kappa shape index (κ3) is 4.71. The first-order chi connectivity index (χ1) is 15.8. The number of barbiturate groups is 1. The second-order valence-electron chi connectivity index (χ2n) is 7.88. The van der Waals surface area contributed by atoms with Crippen LogP contribution in [0.2, 0.25) is 0 Å². The molecule has 1 fully saturated rings. The third-order valence-corrected chi connectivity index (χ3v) is 5.68. The van der Waals surface area contributed by atoms with E-state index in [2.05, 4.69) is 15.3 Å². The second kappa shape index (κ2) is 10.2. The minimum absolute atomic E-state index is 0.104. The molecule has 2 atom stereocenters. The van der Waals surface area contributed by atoms with Gasteiger partial charge in [0.25, 0.3) is 5.56 Å². The molecule has 3 heterocycles. The lowest BCUT2D eigenvalue weighted by Crippen LogP contribution is -2.59. The van der Waals surface area contributed by atoms with Crippen LogP contribution in [0.4, 0.5) is 4.79 Å². The van der Waals surface area contributed by atoms with Gasteiger partial charge in [-0.1, -0.05) is 26.7 Å². The SMILES string of the molecule is CCCCN1C(=O)NC(=O)[C@H]([C@@H](c2ccncc2)c2c(O)n(CCCC)c(=O)[nH]c2=O)C1=O. The fraction of sp³-hybridized carbons (Fsp3) is 0.455. The number of rotatable bonds is 9. The monoisotopic (exact) mass is 457 g/mol. The number of unbranched alkanes of at least 4 members (excludes halogenated alkanes) is 2. The molecular formula is C22H27N5O6. The number of H-pyrrole nitrogens is 1. The molecule has 0 radical (unpaired) electrons. The van der Waals surface area contributed by atoms with E-state index in [1.54, 1.807) is 0 Å². The Hall–Kier alpha value is -3.76. The largest absolute Gasteiger partial charge is 0.494 e. The molecule has 3 N–H and O–H groups in total. The van der Waals surface area contributed by atoms with E-state index in [0.717, 1.165) is 15.9 Å². The summed E-state index contributed by atoms with van der Waals surface area (Å²) < 4.78 is 1.01. The van der Waals surface area contributed by atoms with Gasteiger partial charge in [-0.2, -0.15) is 0 Å². The summed E-state index contributed by atoms with van der Waals surface area (Å²) in [5, 5.41) is 13.2. The number of imide groups is 2. The van der Waals surface area contributed by atoms with Crippen LogP contribution in [0.3, 0.4) is 0 Å². The van der Waals surface area contributed by atoms with E-state index in [1.165, 1.54) is 24.5 Å². The number of nitrogens with zero attached hydrogens (tertiary/aromatic N) is 3. The lowest BCUT2D eigenvalue weighted by atomic mass is 9.79. The van der Waals surface area contributed by atoms with Crippen LogP contribution in [0.1, 0.15) is 56.6 Å². The molecule has 0 aliphatic carbocycles. The standard InChI is InChI=1S/C22H27N5O6/c1-3-5-11-26-19(30)15(17(28)24-21(26)32)14(13-7-9-23-10-8-13)16-18(29)25-22(33)27(20(16)31)12-6-4-2/h7-10,14-15,31H,3-6,11-12H2,1-2H3,(H,24,28,32)(H,25,29,33)/t14-,15+/m1/s1. The predicted octanol–water partition coefficient (Wildman–Crippen LogP) is 1.06. The fourth-order valence-electron chi connectivity index (χ4n) is 3.93. The molecule has 2 aromatic heterocycles. The average molecular weight is 457 g/mol. The number of amides is 4. The second-order valence-corrected chi connectivity index (χ2v) is 7.88. The zero-order chi connectivity index (χ0) is 24.1. The number of aromatic amines is 1. The van der Waals surface area contributed by atoms with Crippen molar-refractivity contribution in [1.82, 2.24) is 24.8 Å². The number of aromatic hydroxyl groups is 1. The van der Waals surface area contributed by atoms with Gasteiger partial charge in [-0.15, -0.1) is 0 Å². The zero-order valence-electron chi connectivity index (χ0n) is 18.5. The molecule has 4 amide bonds. The molecule has 33 heavy (non-hydrogen) atoms. The van der Waals surface area contributed by atoms with Gasteiger partial charge in [0, 0.05) is 31.4 Å². The molecule has 11 nitrogen and oxygen atoms in total. The zero-order valence-corrected chi connectivity index (χ0v) is 18.5. The number of urea groups is 1. The number of carbonyl (C=O) groups is 3. The topological polar surface area (TPSA) is 154 Å². The van der Waals surface area contributed by atoms with Crippen molar-refractivity contribution in [1.29, 1.82) is 0 Å². The molecule has 0 spiro atoms. The van der Waals surface area contributed by atoms with Crippen LogP contribution in [0, 0.1) is 5.92 Å². The molecule has 0 aromatic carbocycles. The third-order valence-electron chi connectivity index (χ3n) is 5.68. The Morgan fingerprint density at radius 3 is 2.30 bits per heavy atom. The number of hydrogen-bond acceptors (Lipinski definition) is 7. The molecule has 0 bridgehead atoms. The Labute approximate surface area is 189 Å². The molecular weight excluding hydrogens is 430 g/mol. The van der Waals surface area contributed by atoms with Crippen LogP contribution in [0.25, 0.3) is 0 Å². The summed E-state index contributed by atoms with van der Waals surface area (Å²) in [7, 11) is 0. The fourth-order valence-corrected chi connectivity index (χ4v) is 3.93. The lowest BCUT2D eigenvalue weighted by molar-refractivity contribution is -0.143. The highest BCUT2D eigenvalue weighted by Gasteiger charge is 2.47. The molecule has 11 heteroatoms. The van der Waals surface area contributed by atoms with Crippen LogP contribution in [0.15, 0.2) is 34.1 Å². The first-order valence-corrected chi connectivity index (χ1v) is 10.9. The Morgan fingerprint density at radius 2 is 1.67 bits per heavy atom. The van der Waals surface area contributed by atoms with Crippen molar-refractivity contribution in [2.24, 2.45) is 5.92 Å². The van der Waals surface area contributed by atoms with Gasteiger partial charge in [0.1, 0.15) is 5.92 Å². The van der Waals surface area contributed by atoms with Crippen LogP contribution in [0.5, 0.6) is 5.88 Å². The molecule has 0 unspecified atom stereocenters. The van der Waals surface area contributed by atoms with Crippen LogP contribution in [-0.4, -0.2) is 48.9 Å². The van der Waals surface area contributed by atoms with E-state index >= 15 is 0 Å². The summed E-state index contributed by atoms with van der Waals surface area (Å²) >= 11 is 0. The van der Waals surface area contributed by atoms with Gasteiger partial charge in [0.2, 0.25) is 17.7 Å². The van der Waals surface area contributed by atoms with Crippen LogP contribution in [-0.2, 0) is 16.1 Å². The first-order valence-electron chi connectivity index (χ1n) is 10.9. The molecule has 1 aliphatic heterocycles. The predicted molar refractivity (Wildman–Crippen MR) is 118 cm³/mol. The summed E-state index contributed by atoms with van der Waals surface area (Å²) in [5.74, 6) is -5.04. The van der Waals surface area contributed by atoms with E-state index in [0.29, 0.717) is 24.8 Å². The van der Waals surface area contributed by atoms with Crippen LogP contribution < -0.4 is 16.6 Å². The highest BCUT2D eigenvalue weighted by molar-refractivity contribution is 6.16. The maximum Gasteiger partial charge on any atom is 0.331 e. The van der Waals surface area contributed by atoms with Gasteiger partial charge in [0.05, 0.1) is 5.56 Å². The Balaban J connectivity index is 2.22. The number of carbonyl (C=O) groups excluding carboxylic acids is 3. The molecule has 3 rings (SSSR count). The van der Waals surface area contributed by atoms with Crippen LogP contribution >= 0.6 is 0 Å². The van der Waals surface area contributed by atoms with E-state index in [9.17, 15) is 29.1 Å².